The fourth-order valence-electron chi connectivity index (χ4n) is 3.49. The van der Waals surface area contributed by atoms with Crippen LogP contribution in [0.4, 0.5) is 0 Å². The van der Waals surface area contributed by atoms with E-state index in [1.807, 2.05) is 39.9 Å². The molecule has 2 aliphatic rings. The Bertz CT molecular complexity index is 763. The van der Waals surface area contributed by atoms with Crippen LogP contribution in [0.25, 0.3) is 10.9 Å². The van der Waals surface area contributed by atoms with Gasteiger partial charge in [0.15, 0.2) is 0 Å². The first-order valence-corrected chi connectivity index (χ1v) is 8.83. The van der Waals surface area contributed by atoms with E-state index in [1.54, 1.807) is 0 Å². The van der Waals surface area contributed by atoms with Gasteiger partial charge in [0.1, 0.15) is 6.54 Å². The number of para-hydroxylation sites is 1. The smallest absolute Gasteiger partial charge is 0.242 e. The summed E-state index contributed by atoms with van der Waals surface area (Å²) in [5, 5.41) is 4.21. The molecule has 1 atom stereocenters. The molecule has 1 unspecified atom stereocenters. The van der Waals surface area contributed by atoms with Crippen molar-refractivity contribution in [2.75, 3.05) is 13.1 Å². The molecule has 1 aromatic carbocycles. The number of nitrogens with zero attached hydrogens (tertiary/aromatic N) is 2. The van der Waals surface area contributed by atoms with Gasteiger partial charge in [-0.3, -0.25) is 9.59 Å². The van der Waals surface area contributed by atoms with Gasteiger partial charge in [-0.2, -0.15) is 0 Å². The van der Waals surface area contributed by atoms with Gasteiger partial charge in [0.2, 0.25) is 11.8 Å². The van der Waals surface area contributed by atoms with Crippen LogP contribution in [-0.2, 0) is 16.1 Å². The minimum Gasteiger partial charge on any atom is -0.353 e. The largest absolute Gasteiger partial charge is 0.353 e. The van der Waals surface area contributed by atoms with Crippen LogP contribution < -0.4 is 5.32 Å². The molecule has 1 N–H and O–H groups in total. The average Bonchev–Trinajstić information content (AvgIpc) is 3.34. The van der Waals surface area contributed by atoms with Gasteiger partial charge < -0.3 is 14.8 Å². The molecule has 2 aromatic rings. The van der Waals surface area contributed by atoms with Crippen LogP contribution in [0, 0.1) is 5.92 Å². The number of piperidine rings is 1. The fourth-order valence-corrected chi connectivity index (χ4v) is 3.49. The number of hydrogen-bond donors (Lipinski definition) is 1. The van der Waals surface area contributed by atoms with Crippen LogP contribution in [0.2, 0.25) is 0 Å². The van der Waals surface area contributed by atoms with Crippen molar-refractivity contribution in [2.45, 2.75) is 38.3 Å². The summed E-state index contributed by atoms with van der Waals surface area (Å²) < 4.78 is 1.99. The first-order valence-electron chi connectivity index (χ1n) is 8.83. The minimum atomic E-state index is -0.0512. The average molecular weight is 325 g/mol. The van der Waals surface area contributed by atoms with E-state index in [0.717, 1.165) is 43.1 Å². The third kappa shape index (κ3) is 3.16. The van der Waals surface area contributed by atoms with Gasteiger partial charge in [0, 0.05) is 30.8 Å². The first kappa shape index (κ1) is 15.2. The lowest BCUT2D eigenvalue weighted by atomic mass is 9.97. The van der Waals surface area contributed by atoms with Crippen LogP contribution in [-0.4, -0.2) is 40.4 Å². The van der Waals surface area contributed by atoms with E-state index in [4.69, 9.17) is 0 Å². The predicted molar refractivity (Wildman–Crippen MR) is 92.4 cm³/mol. The molecule has 126 valence electrons. The highest BCUT2D eigenvalue weighted by Crippen LogP contribution is 2.23. The molecule has 0 radical (unpaired) electrons. The van der Waals surface area contributed by atoms with E-state index >= 15 is 0 Å². The number of nitrogens with one attached hydrogen (secondary N) is 1. The Labute approximate surface area is 141 Å². The summed E-state index contributed by atoms with van der Waals surface area (Å²) in [5.74, 6) is 0.173. The topological polar surface area (TPSA) is 54.3 Å². The zero-order valence-corrected chi connectivity index (χ0v) is 13.8. The van der Waals surface area contributed by atoms with Crippen molar-refractivity contribution in [2.24, 2.45) is 5.92 Å². The molecule has 2 heterocycles. The van der Waals surface area contributed by atoms with E-state index in [9.17, 15) is 9.59 Å². The molecule has 0 bridgehead atoms. The van der Waals surface area contributed by atoms with Crippen molar-refractivity contribution in [3.05, 3.63) is 36.5 Å². The lowest BCUT2D eigenvalue weighted by Gasteiger charge is -2.32. The maximum absolute atomic E-state index is 12.7. The zero-order valence-electron chi connectivity index (χ0n) is 13.8. The number of hydrogen-bond acceptors (Lipinski definition) is 2. The number of carbonyl (C=O) groups excluding carboxylic acids is 2. The van der Waals surface area contributed by atoms with Crippen molar-refractivity contribution in [1.82, 2.24) is 14.8 Å². The Morgan fingerprint density at radius 3 is 2.79 bits per heavy atom. The maximum Gasteiger partial charge on any atom is 0.242 e. The van der Waals surface area contributed by atoms with E-state index in [-0.39, 0.29) is 17.7 Å². The summed E-state index contributed by atoms with van der Waals surface area (Å²) in [5.41, 5.74) is 1.07. The Balaban J connectivity index is 1.41. The monoisotopic (exact) mass is 325 g/mol. The second-order valence-corrected chi connectivity index (χ2v) is 6.96. The van der Waals surface area contributed by atoms with Gasteiger partial charge in [0.05, 0.1) is 5.92 Å². The predicted octanol–water partition coefficient (Wildman–Crippen LogP) is 2.16. The molecule has 1 aromatic heterocycles. The molecule has 24 heavy (non-hydrogen) atoms. The van der Waals surface area contributed by atoms with E-state index in [1.165, 1.54) is 0 Å². The third-order valence-corrected chi connectivity index (χ3v) is 5.05. The number of aromatic nitrogens is 1. The molecule has 1 aliphatic carbocycles. The molecular weight excluding hydrogens is 302 g/mol. The van der Waals surface area contributed by atoms with Gasteiger partial charge >= 0.3 is 0 Å². The van der Waals surface area contributed by atoms with Crippen molar-refractivity contribution >= 4 is 22.7 Å². The third-order valence-electron chi connectivity index (χ3n) is 5.05. The fraction of sp³-hybridized carbons (Fsp3) is 0.474. The second kappa shape index (κ2) is 6.30. The van der Waals surface area contributed by atoms with Gasteiger partial charge in [-0.25, -0.2) is 0 Å². The molecule has 2 fully saturated rings. The van der Waals surface area contributed by atoms with Crippen molar-refractivity contribution < 1.29 is 9.59 Å². The van der Waals surface area contributed by atoms with Gasteiger partial charge in [-0.15, -0.1) is 0 Å². The molecule has 1 aliphatic heterocycles. The molecule has 0 spiro atoms. The first-order chi connectivity index (χ1) is 11.7. The van der Waals surface area contributed by atoms with Crippen LogP contribution in [0.3, 0.4) is 0 Å². The lowest BCUT2D eigenvalue weighted by Crippen LogP contribution is -2.46. The number of amides is 2. The van der Waals surface area contributed by atoms with Gasteiger partial charge in [-0.1, -0.05) is 18.2 Å². The van der Waals surface area contributed by atoms with Crippen LogP contribution >= 0.6 is 0 Å². The van der Waals surface area contributed by atoms with Crippen molar-refractivity contribution in [1.29, 1.82) is 0 Å². The van der Waals surface area contributed by atoms with Crippen LogP contribution in [0.1, 0.15) is 25.7 Å². The SMILES string of the molecule is O=C(NC1CC1)C1CCCN(C(=O)Cn2ccc3ccccc32)C1. The molecule has 5 heteroatoms. The summed E-state index contributed by atoms with van der Waals surface area (Å²) in [6.45, 7) is 1.65. The summed E-state index contributed by atoms with van der Waals surface area (Å²) >= 11 is 0. The highest BCUT2D eigenvalue weighted by atomic mass is 16.2. The standard InChI is InChI=1S/C19H23N3O2/c23-18(13-21-11-9-14-4-1-2-6-17(14)21)22-10-3-5-15(12-22)19(24)20-16-7-8-16/h1-2,4,6,9,11,15-16H,3,5,7-8,10,12-13H2,(H,20,24). The van der Waals surface area contributed by atoms with Crippen LogP contribution in [0.5, 0.6) is 0 Å². The molecule has 1 saturated carbocycles. The molecular formula is C19H23N3O2. The molecule has 5 nitrogen and oxygen atoms in total. The summed E-state index contributed by atoms with van der Waals surface area (Å²) in [4.78, 5) is 26.8. The summed E-state index contributed by atoms with van der Waals surface area (Å²) in [6, 6.07) is 10.5. The highest BCUT2D eigenvalue weighted by molar-refractivity contribution is 5.84. The molecule has 1 saturated heterocycles. The quantitative estimate of drug-likeness (QED) is 0.936. The van der Waals surface area contributed by atoms with E-state index < -0.39 is 0 Å². The number of fused-ring (bicyclic) bond motifs is 1. The van der Waals surface area contributed by atoms with Gasteiger partial charge in [-0.05, 0) is 43.2 Å². The highest BCUT2D eigenvalue weighted by Gasteiger charge is 2.31. The Kier molecular flexibility index (Phi) is 4.00. The second-order valence-electron chi connectivity index (χ2n) is 6.96. The van der Waals surface area contributed by atoms with Crippen molar-refractivity contribution in [3.63, 3.8) is 0 Å². The maximum atomic E-state index is 12.7. The number of likely N-dealkylation sites (tertiary alicyclic amines) is 1. The van der Waals surface area contributed by atoms with Crippen molar-refractivity contribution in [3.8, 4) is 0 Å². The normalized spacial score (nSPS) is 21.0. The van der Waals surface area contributed by atoms with E-state index in [2.05, 4.69) is 11.4 Å². The van der Waals surface area contributed by atoms with E-state index in [0.29, 0.717) is 19.1 Å². The number of benzene rings is 1. The minimum absolute atomic E-state index is 0.0512. The van der Waals surface area contributed by atoms with Gasteiger partial charge in [0.25, 0.3) is 0 Å². The summed E-state index contributed by atoms with van der Waals surface area (Å²) in [6.07, 6.45) is 5.95. The molecule has 2 amide bonds. The Hall–Kier alpha value is -2.30. The summed E-state index contributed by atoms with van der Waals surface area (Å²) in [7, 11) is 0. The number of carbonyl (C=O) groups is 2. The Morgan fingerprint density at radius 1 is 1.12 bits per heavy atom. The zero-order chi connectivity index (χ0) is 16.5. The van der Waals surface area contributed by atoms with Crippen LogP contribution in [0.15, 0.2) is 36.5 Å². The Morgan fingerprint density at radius 2 is 1.96 bits per heavy atom. The molecule has 4 rings (SSSR count). The number of rotatable bonds is 4. The lowest BCUT2D eigenvalue weighted by molar-refractivity contribution is -0.136.